The fourth-order valence-corrected chi connectivity index (χ4v) is 2.41. The van der Waals surface area contributed by atoms with E-state index in [1.807, 2.05) is 25.7 Å². The zero-order chi connectivity index (χ0) is 13.3. The highest BCUT2D eigenvalue weighted by Gasteiger charge is 2.39. The SMILES string of the molecule is CN1CCN(C2CCN2C(=O)OC(C)(C)C)CC1. The molecule has 1 unspecified atom stereocenters. The Kier molecular flexibility index (Phi) is 3.82. The molecule has 2 aliphatic heterocycles. The zero-order valence-corrected chi connectivity index (χ0v) is 12.0. The first-order valence-corrected chi connectivity index (χ1v) is 6.79. The maximum absolute atomic E-state index is 12.0. The molecule has 0 aromatic carbocycles. The molecule has 2 rings (SSSR count). The van der Waals surface area contributed by atoms with Crippen LogP contribution in [0.1, 0.15) is 27.2 Å². The van der Waals surface area contributed by atoms with Crippen molar-refractivity contribution in [3.05, 3.63) is 0 Å². The summed E-state index contributed by atoms with van der Waals surface area (Å²) in [5.74, 6) is 0. The van der Waals surface area contributed by atoms with Crippen LogP contribution in [-0.4, -0.2) is 72.3 Å². The Hall–Kier alpha value is -0.810. The molecule has 0 spiro atoms. The van der Waals surface area contributed by atoms with Crippen molar-refractivity contribution in [1.29, 1.82) is 0 Å². The number of amides is 1. The van der Waals surface area contributed by atoms with Crippen LogP contribution < -0.4 is 0 Å². The van der Waals surface area contributed by atoms with Crippen LogP contribution in [0, 0.1) is 0 Å². The smallest absolute Gasteiger partial charge is 0.411 e. The number of carbonyl (C=O) groups is 1. The quantitative estimate of drug-likeness (QED) is 0.705. The number of hydrogen-bond donors (Lipinski definition) is 0. The van der Waals surface area contributed by atoms with Gasteiger partial charge in [-0.2, -0.15) is 0 Å². The van der Waals surface area contributed by atoms with E-state index in [-0.39, 0.29) is 12.3 Å². The largest absolute Gasteiger partial charge is 0.444 e. The van der Waals surface area contributed by atoms with Crippen molar-refractivity contribution in [3.8, 4) is 0 Å². The Bertz CT molecular complexity index is 306. The second-order valence-corrected chi connectivity index (χ2v) is 6.28. The zero-order valence-electron chi connectivity index (χ0n) is 12.0. The van der Waals surface area contributed by atoms with Crippen LogP contribution >= 0.6 is 0 Å². The van der Waals surface area contributed by atoms with E-state index < -0.39 is 5.60 Å². The molecule has 0 radical (unpaired) electrons. The molecule has 1 atom stereocenters. The molecule has 0 bridgehead atoms. The maximum Gasteiger partial charge on any atom is 0.411 e. The molecule has 2 saturated heterocycles. The Morgan fingerprint density at radius 3 is 2.17 bits per heavy atom. The van der Waals surface area contributed by atoms with E-state index in [1.54, 1.807) is 0 Å². The lowest BCUT2D eigenvalue weighted by molar-refractivity contribution is -0.0634. The first-order chi connectivity index (χ1) is 8.37. The molecule has 5 heteroatoms. The number of hydrogen-bond acceptors (Lipinski definition) is 4. The number of nitrogens with zero attached hydrogens (tertiary/aromatic N) is 3. The van der Waals surface area contributed by atoms with Gasteiger partial charge in [0.1, 0.15) is 5.60 Å². The predicted molar refractivity (Wildman–Crippen MR) is 70.4 cm³/mol. The van der Waals surface area contributed by atoms with Crippen molar-refractivity contribution >= 4 is 6.09 Å². The van der Waals surface area contributed by atoms with Gasteiger partial charge in [-0.1, -0.05) is 0 Å². The fourth-order valence-electron chi connectivity index (χ4n) is 2.41. The van der Waals surface area contributed by atoms with Gasteiger partial charge < -0.3 is 9.64 Å². The molecule has 2 fully saturated rings. The number of likely N-dealkylation sites (N-methyl/N-ethyl adjacent to an activating group) is 1. The van der Waals surface area contributed by atoms with E-state index in [0.29, 0.717) is 0 Å². The molecule has 1 amide bonds. The van der Waals surface area contributed by atoms with Crippen LogP contribution in [0.4, 0.5) is 4.79 Å². The average Bonchev–Trinajstić information content (AvgIpc) is 2.16. The van der Waals surface area contributed by atoms with Gasteiger partial charge in [-0.05, 0) is 34.2 Å². The summed E-state index contributed by atoms with van der Waals surface area (Å²) in [5, 5.41) is 0. The molecular weight excluding hydrogens is 230 g/mol. The molecule has 0 N–H and O–H groups in total. The summed E-state index contributed by atoms with van der Waals surface area (Å²) in [5.41, 5.74) is -0.403. The van der Waals surface area contributed by atoms with E-state index in [1.165, 1.54) is 0 Å². The fraction of sp³-hybridized carbons (Fsp3) is 0.923. The second-order valence-electron chi connectivity index (χ2n) is 6.28. The minimum atomic E-state index is -0.403. The summed E-state index contributed by atoms with van der Waals surface area (Å²) < 4.78 is 5.43. The minimum absolute atomic E-state index is 0.169. The highest BCUT2D eigenvalue weighted by Crippen LogP contribution is 2.24. The Morgan fingerprint density at radius 2 is 1.72 bits per heavy atom. The van der Waals surface area contributed by atoms with Gasteiger partial charge in [0.2, 0.25) is 0 Å². The van der Waals surface area contributed by atoms with Crippen molar-refractivity contribution in [2.75, 3.05) is 39.8 Å². The van der Waals surface area contributed by atoms with Gasteiger partial charge in [0.05, 0.1) is 6.17 Å². The van der Waals surface area contributed by atoms with E-state index in [0.717, 1.165) is 39.1 Å². The third-order valence-electron chi connectivity index (χ3n) is 3.58. The first kappa shape index (κ1) is 13.6. The lowest BCUT2D eigenvalue weighted by Crippen LogP contribution is -2.63. The van der Waals surface area contributed by atoms with E-state index in [9.17, 15) is 4.79 Å². The second kappa shape index (κ2) is 5.05. The van der Waals surface area contributed by atoms with Crippen molar-refractivity contribution in [2.45, 2.75) is 39.0 Å². The van der Waals surface area contributed by atoms with Crippen molar-refractivity contribution in [2.24, 2.45) is 0 Å². The van der Waals surface area contributed by atoms with Gasteiger partial charge >= 0.3 is 6.09 Å². The number of ether oxygens (including phenoxy) is 1. The molecule has 104 valence electrons. The highest BCUT2D eigenvalue weighted by atomic mass is 16.6. The van der Waals surface area contributed by atoms with Crippen LogP contribution in [0.25, 0.3) is 0 Å². The van der Waals surface area contributed by atoms with E-state index in [4.69, 9.17) is 4.74 Å². The van der Waals surface area contributed by atoms with Gasteiger partial charge in [0.25, 0.3) is 0 Å². The monoisotopic (exact) mass is 255 g/mol. The normalized spacial score (nSPS) is 26.9. The molecule has 0 aromatic rings. The molecule has 18 heavy (non-hydrogen) atoms. The number of likely N-dealkylation sites (tertiary alicyclic amines) is 1. The standard InChI is InChI=1S/C13H25N3O2/c1-13(2,3)18-12(17)16-6-5-11(16)15-9-7-14(4)8-10-15/h11H,5-10H2,1-4H3. The van der Waals surface area contributed by atoms with Gasteiger partial charge in [-0.15, -0.1) is 0 Å². The summed E-state index contributed by atoms with van der Waals surface area (Å²) in [4.78, 5) is 18.6. The lowest BCUT2D eigenvalue weighted by atomic mass is 10.1. The van der Waals surface area contributed by atoms with Crippen molar-refractivity contribution in [1.82, 2.24) is 14.7 Å². The van der Waals surface area contributed by atoms with Gasteiger partial charge in [-0.25, -0.2) is 4.79 Å². The Labute approximate surface area is 110 Å². The third-order valence-corrected chi connectivity index (χ3v) is 3.58. The molecule has 5 nitrogen and oxygen atoms in total. The van der Waals surface area contributed by atoms with Crippen LogP contribution in [0.2, 0.25) is 0 Å². The van der Waals surface area contributed by atoms with Crippen LogP contribution in [0.3, 0.4) is 0 Å². The summed E-state index contributed by atoms with van der Waals surface area (Å²) >= 11 is 0. The summed E-state index contributed by atoms with van der Waals surface area (Å²) in [6, 6.07) is 0. The minimum Gasteiger partial charge on any atom is -0.444 e. The first-order valence-electron chi connectivity index (χ1n) is 6.79. The van der Waals surface area contributed by atoms with Crippen LogP contribution in [-0.2, 0) is 4.74 Å². The molecule has 0 saturated carbocycles. The van der Waals surface area contributed by atoms with Gasteiger partial charge in [0.15, 0.2) is 0 Å². The summed E-state index contributed by atoms with van der Waals surface area (Å²) in [6.45, 7) is 10.8. The molecule has 2 heterocycles. The third kappa shape index (κ3) is 3.14. The Morgan fingerprint density at radius 1 is 1.11 bits per heavy atom. The molecule has 0 aliphatic carbocycles. The van der Waals surface area contributed by atoms with E-state index in [2.05, 4.69) is 16.8 Å². The lowest BCUT2D eigenvalue weighted by Gasteiger charge is -2.49. The van der Waals surface area contributed by atoms with Gasteiger partial charge in [-0.3, -0.25) is 9.80 Å². The number of rotatable bonds is 1. The van der Waals surface area contributed by atoms with Gasteiger partial charge in [0, 0.05) is 32.7 Å². The molecular formula is C13H25N3O2. The highest BCUT2D eigenvalue weighted by molar-refractivity contribution is 5.69. The average molecular weight is 255 g/mol. The topological polar surface area (TPSA) is 36.0 Å². The van der Waals surface area contributed by atoms with Crippen molar-refractivity contribution in [3.63, 3.8) is 0 Å². The summed E-state index contributed by atoms with van der Waals surface area (Å²) in [7, 11) is 2.14. The summed E-state index contributed by atoms with van der Waals surface area (Å²) in [6.07, 6.45) is 1.16. The van der Waals surface area contributed by atoms with Crippen LogP contribution in [0.5, 0.6) is 0 Å². The van der Waals surface area contributed by atoms with Crippen molar-refractivity contribution < 1.29 is 9.53 Å². The Balaban J connectivity index is 1.86. The molecule has 2 aliphatic rings. The number of carbonyl (C=O) groups excluding carboxylic acids is 1. The maximum atomic E-state index is 12.0. The predicted octanol–water partition coefficient (Wildman–Crippen LogP) is 1.20. The number of piperazine rings is 1. The van der Waals surface area contributed by atoms with Crippen LogP contribution in [0.15, 0.2) is 0 Å². The van der Waals surface area contributed by atoms with E-state index >= 15 is 0 Å². The molecule has 0 aromatic heterocycles.